The Morgan fingerprint density at radius 2 is 1.89 bits per heavy atom. The van der Waals surface area contributed by atoms with Crippen molar-refractivity contribution in [2.45, 2.75) is 0 Å². The number of rotatable bonds is 3. The predicted molar refractivity (Wildman–Crippen MR) is 79.1 cm³/mol. The van der Waals surface area contributed by atoms with Gasteiger partial charge in [0.05, 0.1) is 5.56 Å². The number of anilines is 1. The lowest BCUT2D eigenvalue weighted by molar-refractivity contribution is 0.100. The van der Waals surface area contributed by atoms with E-state index in [1.165, 1.54) is 11.3 Å². The lowest BCUT2D eigenvalue weighted by Gasteiger charge is -2.00. The van der Waals surface area contributed by atoms with E-state index in [2.05, 4.69) is 5.32 Å². The summed E-state index contributed by atoms with van der Waals surface area (Å²) in [5.74, 6) is -0.587. The van der Waals surface area contributed by atoms with Crippen molar-refractivity contribution in [1.82, 2.24) is 0 Å². The molecule has 19 heavy (non-hydrogen) atoms. The highest BCUT2D eigenvalue weighted by Gasteiger charge is 2.16. The van der Waals surface area contributed by atoms with Crippen molar-refractivity contribution in [2.75, 3.05) is 5.32 Å². The molecule has 0 aliphatic rings. The maximum absolute atomic E-state index is 11.4. The molecule has 7 heteroatoms. The smallest absolute Gasteiger partial charge is 0.298 e. The third-order valence-corrected chi connectivity index (χ3v) is 3.79. The quantitative estimate of drug-likeness (QED) is 0.758. The van der Waals surface area contributed by atoms with Crippen molar-refractivity contribution >= 4 is 39.4 Å². The minimum absolute atomic E-state index is 0.284. The lowest BCUT2D eigenvalue weighted by atomic mass is 10.1. The SMILES string of the molecule is NSC(=O)Nc1sc(-c2ccccc2)cc1C(N)=O. The van der Waals surface area contributed by atoms with E-state index in [0.29, 0.717) is 16.9 Å². The Balaban J connectivity index is 2.41. The summed E-state index contributed by atoms with van der Waals surface area (Å²) in [5.41, 5.74) is 6.54. The van der Waals surface area contributed by atoms with Gasteiger partial charge in [0.1, 0.15) is 5.00 Å². The van der Waals surface area contributed by atoms with Crippen molar-refractivity contribution < 1.29 is 9.59 Å². The molecule has 0 atom stereocenters. The Hall–Kier alpha value is -1.83. The first-order chi connectivity index (χ1) is 9.11. The van der Waals surface area contributed by atoms with Crippen LogP contribution in [0.1, 0.15) is 10.4 Å². The summed E-state index contributed by atoms with van der Waals surface area (Å²) in [6, 6.07) is 11.2. The van der Waals surface area contributed by atoms with Crippen LogP contribution in [0.25, 0.3) is 10.4 Å². The molecule has 0 spiro atoms. The summed E-state index contributed by atoms with van der Waals surface area (Å²) in [5, 5.41) is 7.68. The van der Waals surface area contributed by atoms with E-state index in [1.807, 2.05) is 30.3 Å². The number of primary amides is 1. The van der Waals surface area contributed by atoms with Crippen LogP contribution in [0.3, 0.4) is 0 Å². The first-order valence-corrected chi connectivity index (χ1v) is 6.98. The Morgan fingerprint density at radius 3 is 2.47 bits per heavy atom. The summed E-state index contributed by atoms with van der Waals surface area (Å²) < 4.78 is 0. The minimum atomic E-state index is -0.587. The number of benzene rings is 1. The molecule has 0 aliphatic heterocycles. The number of amides is 2. The fourth-order valence-corrected chi connectivity index (χ4v) is 2.82. The first kappa shape index (κ1) is 13.6. The number of nitrogens with one attached hydrogen (secondary N) is 1. The number of hydrogen-bond acceptors (Lipinski definition) is 5. The molecular formula is C12H11N3O2S2. The van der Waals surface area contributed by atoms with Gasteiger partial charge in [-0.25, -0.2) is 0 Å². The topological polar surface area (TPSA) is 98.2 Å². The molecule has 0 saturated carbocycles. The summed E-state index contributed by atoms with van der Waals surface area (Å²) in [7, 11) is 0. The van der Waals surface area contributed by atoms with Gasteiger partial charge in [-0.15, -0.1) is 11.3 Å². The number of thiophene rings is 1. The molecule has 0 radical (unpaired) electrons. The van der Waals surface area contributed by atoms with E-state index in [1.54, 1.807) is 6.07 Å². The van der Waals surface area contributed by atoms with E-state index < -0.39 is 11.1 Å². The highest BCUT2D eigenvalue weighted by Crippen LogP contribution is 2.35. The number of carbonyl (C=O) groups excluding carboxylic acids is 2. The van der Waals surface area contributed by atoms with Crippen LogP contribution in [0.15, 0.2) is 36.4 Å². The Bertz CT molecular complexity index is 611. The third-order valence-electron chi connectivity index (χ3n) is 2.38. The van der Waals surface area contributed by atoms with E-state index in [4.69, 9.17) is 10.9 Å². The average Bonchev–Trinajstić information content (AvgIpc) is 2.83. The van der Waals surface area contributed by atoms with Gasteiger partial charge in [0.25, 0.3) is 11.1 Å². The molecule has 5 N–H and O–H groups in total. The number of hydrogen-bond donors (Lipinski definition) is 3. The standard InChI is InChI=1S/C12H11N3O2S2/c13-10(16)8-6-9(7-4-2-1-3-5-7)18-11(8)15-12(17)19-14/h1-6H,14H2,(H2,13,16)(H,15,17). The van der Waals surface area contributed by atoms with Gasteiger partial charge < -0.3 is 11.1 Å². The third kappa shape index (κ3) is 3.14. The first-order valence-electron chi connectivity index (χ1n) is 5.28. The van der Waals surface area contributed by atoms with Crippen molar-refractivity contribution in [1.29, 1.82) is 0 Å². The minimum Gasteiger partial charge on any atom is -0.366 e. The van der Waals surface area contributed by atoms with Crippen molar-refractivity contribution in [3.8, 4) is 10.4 Å². The van der Waals surface area contributed by atoms with Crippen molar-refractivity contribution in [3.05, 3.63) is 42.0 Å². The van der Waals surface area contributed by atoms with Crippen LogP contribution >= 0.6 is 23.3 Å². The second-order valence-corrected chi connectivity index (χ2v) is 5.27. The zero-order chi connectivity index (χ0) is 13.8. The molecule has 0 fully saturated rings. The largest absolute Gasteiger partial charge is 0.366 e. The number of nitrogens with two attached hydrogens (primary N) is 2. The predicted octanol–water partition coefficient (Wildman–Crippen LogP) is 2.65. The van der Waals surface area contributed by atoms with Crippen molar-refractivity contribution in [2.24, 2.45) is 10.9 Å². The highest BCUT2D eigenvalue weighted by molar-refractivity contribution is 8.12. The zero-order valence-corrected chi connectivity index (χ0v) is 11.4. The van der Waals surface area contributed by atoms with Gasteiger partial charge in [-0.1, -0.05) is 30.3 Å². The van der Waals surface area contributed by atoms with Crippen LogP contribution in [0.4, 0.5) is 9.80 Å². The maximum atomic E-state index is 11.4. The summed E-state index contributed by atoms with van der Waals surface area (Å²) >= 11 is 1.83. The van der Waals surface area contributed by atoms with Crippen LogP contribution in [-0.4, -0.2) is 11.1 Å². The second-order valence-electron chi connectivity index (χ2n) is 3.61. The molecule has 0 unspecified atom stereocenters. The summed E-state index contributed by atoms with van der Waals surface area (Å²) in [6.45, 7) is 0. The maximum Gasteiger partial charge on any atom is 0.298 e. The van der Waals surface area contributed by atoms with Gasteiger partial charge in [0.15, 0.2) is 0 Å². The monoisotopic (exact) mass is 293 g/mol. The Kier molecular flexibility index (Phi) is 4.20. The fourth-order valence-electron chi connectivity index (χ4n) is 1.53. The molecule has 1 heterocycles. The van der Waals surface area contributed by atoms with Crippen LogP contribution in [0.5, 0.6) is 0 Å². The normalized spacial score (nSPS) is 10.2. The molecule has 2 amide bonds. The van der Waals surface area contributed by atoms with Gasteiger partial charge in [-0.2, -0.15) is 0 Å². The van der Waals surface area contributed by atoms with E-state index in [9.17, 15) is 9.59 Å². The second kappa shape index (κ2) is 5.87. The molecule has 0 bridgehead atoms. The Morgan fingerprint density at radius 1 is 1.21 bits per heavy atom. The Labute approximate surface area is 118 Å². The molecule has 2 rings (SSSR count). The lowest BCUT2D eigenvalue weighted by Crippen LogP contribution is -2.14. The van der Waals surface area contributed by atoms with Gasteiger partial charge in [-0.3, -0.25) is 14.7 Å². The van der Waals surface area contributed by atoms with Crippen LogP contribution in [-0.2, 0) is 0 Å². The molecule has 0 saturated heterocycles. The zero-order valence-electron chi connectivity index (χ0n) is 9.75. The molecular weight excluding hydrogens is 282 g/mol. The summed E-state index contributed by atoms with van der Waals surface area (Å²) in [4.78, 5) is 23.5. The van der Waals surface area contributed by atoms with Crippen LogP contribution in [0, 0.1) is 0 Å². The van der Waals surface area contributed by atoms with E-state index in [-0.39, 0.29) is 5.56 Å². The van der Waals surface area contributed by atoms with Gasteiger partial charge in [-0.05, 0) is 11.6 Å². The van der Waals surface area contributed by atoms with Crippen molar-refractivity contribution in [3.63, 3.8) is 0 Å². The van der Waals surface area contributed by atoms with Gasteiger partial charge in [0.2, 0.25) is 0 Å². The van der Waals surface area contributed by atoms with Crippen LogP contribution in [0.2, 0.25) is 0 Å². The van der Waals surface area contributed by atoms with Gasteiger partial charge in [0, 0.05) is 16.8 Å². The number of carbonyl (C=O) groups is 2. The highest BCUT2D eigenvalue weighted by atomic mass is 32.2. The molecule has 2 aromatic rings. The van der Waals surface area contributed by atoms with Crippen LogP contribution < -0.4 is 16.2 Å². The molecule has 98 valence electrons. The molecule has 1 aromatic carbocycles. The molecule has 1 aromatic heterocycles. The van der Waals surface area contributed by atoms with Gasteiger partial charge >= 0.3 is 0 Å². The van der Waals surface area contributed by atoms with E-state index >= 15 is 0 Å². The summed E-state index contributed by atoms with van der Waals surface area (Å²) in [6.07, 6.45) is 0. The molecule has 5 nitrogen and oxygen atoms in total. The molecule has 0 aliphatic carbocycles. The van der Waals surface area contributed by atoms with E-state index in [0.717, 1.165) is 10.4 Å². The fraction of sp³-hybridized carbons (Fsp3) is 0. The average molecular weight is 293 g/mol.